The smallest absolute Gasteiger partial charge is 0.298 e. The summed E-state index contributed by atoms with van der Waals surface area (Å²) in [6.07, 6.45) is 5.55. The van der Waals surface area contributed by atoms with Crippen LogP contribution >= 0.6 is 0 Å². The van der Waals surface area contributed by atoms with E-state index in [2.05, 4.69) is 21.3 Å². The first-order valence-corrected chi connectivity index (χ1v) is 10.1. The van der Waals surface area contributed by atoms with Gasteiger partial charge in [0.15, 0.2) is 5.58 Å². The van der Waals surface area contributed by atoms with Crippen molar-refractivity contribution in [3.63, 3.8) is 0 Å². The standard InChI is InChI=1S/C21H26N4O3/c22-12-14-4-5-19-18(11-14)24-21(28-19)25-8-6-16(7-9-25)20(27)23-17-3-1-2-15(10-17)13-26/h4-5,11,15-17,26H,1-3,6-10,13H2,(H,23,27)/t15-,17-/m0/s1. The minimum absolute atomic E-state index is 0.0142. The summed E-state index contributed by atoms with van der Waals surface area (Å²) in [5.74, 6) is 0.474. The highest BCUT2D eigenvalue weighted by molar-refractivity contribution is 5.79. The number of nitriles is 1. The lowest BCUT2D eigenvalue weighted by Gasteiger charge is -2.33. The number of fused-ring (bicyclic) bond motifs is 1. The first-order chi connectivity index (χ1) is 13.7. The maximum absolute atomic E-state index is 12.7. The number of nitrogens with one attached hydrogen (secondary N) is 1. The average molecular weight is 382 g/mol. The van der Waals surface area contributed by atoms with Crippen molar-refractivity contribution in [2.24, 2.45) is 11.8 Å². The van der Waals surface area contributed by atoms with Gasteiger partial charge in [0.2, 0.25) is 5.91 Å². The zero-order valence-electron chi connectivity index (χ0n) is 15.9. The van der Waals surface area contributed by atoms with Crippen LogP contribution in [0.5, 0.6) is 0 Å². The van der Waals surface area contributed by atoms with E-state index in [4.69, 9.17) is 9.68 Å². The van der Waals surface area contributed by atoms with Crippen LogP contribution in [0.25, 0.3) is 11.1 Å². The Morgan fingerprint density at radius 1 is 1.32 bits per heavy atom. The SMILES string of the molecule is N#Cc1ccc2oc(N3CCC(C(=O)N[C@H]4CCC[C@H](CO)C4)CC3)nc2c1. The second kappa shape index (κ2) is 8.19. The van der Waals surface area contributed by atoms with Crippen LogP contribution in [0.15, 0.2) is 22.6 Å². The summed E-state index contributed by atoms with van der Waals surface area (Å²) in [7, 11) is 0. The van der Waals surface area contributed by atoms with E-state index < -0.39 is 0 Å². The van der Waals surface area contributed by atoms with Crippen LogP contribution in [-0.2, 0) is 4.79 Å². The minimum Gasteiger partial charge on any atom is -0.423 e. The Kier molecular flexibility index (Phi) is 5.49. The number of carbonyl (C=O) groups is 1. The van der Waals surface area contributed by atoms with E-state index in [0.29, 0.717) is 28.6 Å². The van der Waals surface area contributed by atoms with E-state index in [0.717, 1.165) is 51.6 Å². The molecule has 1 aliphatic heterocycles. The Labute approximate surface area is 164 Å². The van der Waals surface area contributed by atoms with Crippen LogP contribution in [0.2, 0.25) is 0 Å². The first kappa shape index (κ1) is 18.8. The third-order valence-electron chi connectivity index (χ3n) is 6.03. The summed E-state index contributed by atoms with van der Waals surface area (Å²) in [6, 6.07) is 8.09. The molecule has 1 aromatic heterocycles. The molecule has 4 rings (SSSR count). The van der Waals surface area contributed by atoms with Gasteiger partial charge < -0.3 is 19.7 Å². The topological polar surface area (TPSA) is 102 Å². The molecule has 1 amide bonds. The number of benzene rings is 1. The quantitative estimate of drug-likeness (QED) is 0.843. The summed E-state index contributed by atoms with van der Waals surface area (Å²) >= 11 is 0. The van der Waals surface area contributed by atoms with Crippen LogP contribution in [0.3, 0.4) is 0 Å². The van der Waals surface area contributed by atoms with Crippen LogP contribution in [0, 0.1) is 23.2 Å². The molecule has 148 valence electrons. The summed E-state index contributed by atoms with van der Waals surface area (Å²) in [5, 5.41) is 21.6. The molecule has 0 unspecified atom stereocenters. The van der Waals surface area contributed by atoms with Gasteiger partial charge in [0.25, 0.3) is 6.01 Å². The van der Waals surface area contributed by atoms with Crippen molar-refractivity contribution in [2.45, 2.75) is 44.6 Å². The van der Waals surface area contributed by atoms with Crippen LogP contribution in [0.1, 0.15) is 44.1 Å². The Hall–Kier alpha value is -2.59. The highest BCUT2D eigenvalue weighted by Crippen LogP contribution is 2.28. The highest BCUT2D eigenvalue weighted by atomic mass is 16.4. The lowest BCUT2D eigenvalue weighted by Crippen LogP contribution is -2.45. The average Bonchev–Trinajstić information content (AvgIpc) is 3.17. The van der Waals surface area contributed by atoms with Gasteiger partial charge in [-0.3, -0.25) is 4.79 Å². The number of piperidine rings is 1. The van der Waals surface area contributed by atoms with E-state index >= 15 is 0 Å². The highest BCUT2D eigenvalue weighted by Gasteiger charge is 2.30. The minimum atomic E-state index is 0.0142. The third kappa shape index (κ3) is 3.97. The van der Waals surface area contributed by atoms with Gasteiger partial charge in [0.05, 0.1) is 11.6 Å². The fraction of sp³-hybridized carbons (Fsp3) is 0.571. The van der Waals surface area contributed by atoms with E-state index in [-0.39, 0.29) is 24.5 Å². The second-order valence-corrected chi connectivity index (χ2v) is 7.97. The van der Waals surface area contributed by atoms with E-state index in [1.54, 1.807) is 18.2 Å². The van der Waals surface area contributed by atoms with Gasteiger partial charge in [-0.25, -0.2) is 0 Å². The van der Waals surface area contributed by atoms with Crippen molar-refractivity contribution < 1.29 is 14.3 Å². The summed E-state index contributed by atoms with van der Waals surface area (Å²) in [6.45, 7) is 1.66. The predicted octanol–water partition coefficient (Wildman–Crippen LogP) is 2.58. The maximum atomic E-state index is 12.7. The number of hydrogen-bond acceptors (Lipinski definition) is 6. The molecule has 2 N–H and O–H groups in total. The van der Waals surface area contributed by atoms with Gasteiger partial charge in [-0.2, -0.15) is 10.2 Å². The molecule has 1 aliphatic carbocycles. The Bertz CT molecular complexity index is 879. The van der Waals surface area contributed by atoms with Gasteiger partial charge in [-0.05, 0) is 56.2 Å². The van der Waals surface area contributed by atoms with E-state index in [1.165, 1.54) is 0 Å². The largest absolute Gasteiger partial charge is 0.423 e. The van der Waals surface area contributed by atoms with Crippen LogP contribution in [-0.4, -0.2) is 41.7 Å². The number of oxazole rings is 1. The number of hydrogen-bond donors (Lipinski definition) is 2. The fourth-order valence-electron chi connectivity index (χ4n) is 4.36. The third-order valence-corrected chi connectivity index (χ3v) is 6.03. The van der Waals surface area contributed by atoms with Crippen molar-refractivity contribution in [2.75, 3.05) is 24.6 Å². The molecule has 7 heteroatoms. The fourth-order valence-corrected chi connectivity index (χ4v) is 4.36. The summed E-state index contributed by atoms with van der Waals surface area (Å²) < 4.78 is 5.83. The monoisotopic (exact) mass is 382 g/mol. The molecule has 0 bridgehead atoms. The van der Waals surface area contributed by atoms with Gasteiger partial charge in [-0.15, -0.1) is 0 Å². The van der Waals surface area contributed by atoms with E-state index in [9.17, 15) is 9.90 Å². The number of aromatic nitrogens is 1. The molecule has 2 aliphatic rings. The van der Waals surface area contributed by atoms with Crippen LogP contribution < -0.4 is 10.2 Å². The number of anilines is 1. The van der Waals surface area contributed by atoms with Crippen molar-refractivity contribution in [1.29, 1.82) is 5.26 Å². The molecule has 1 saturated heterocycles. The van der Waals surface area contributed by atoms with Crippen molar-refractivity contribution in [3.8, 4) is 6.07 Å². The molecular weight excluding hydrogens is 356 g/mol. The Balaban J connectivity index is 1.33. The molecule has 7 nitrogen and oxygen atoms in total. The van der Waals surface area contributed by atoms with E-state index in [1.807, 2.05) is 0 Å². The van der Waals surface area contributed by atoms with Crippen molar-refractivity contribution in [1.82, 2.24) is 10.3 Å². The normalized spacial score (nSPS) is 23.5. The molecule has 2 aromatic rings. The van der Waals surface area contributed by atoms with Gasteiger partial charge >= 0.3 is 0 Å². The number of nitrogens with zero attached hydrogens (tertiary/aromatic N) is 3. The number of aliphatic hydroxyl groups is 1. The Morgan fingerprint density at radius 2 is 2.14 bits per heavy atom. The summed E-state index contributed by atoms with van der Waals surface area (Å²) in [4.78, 5) is 19.2. The molecule has 2 heterocycles. The maximum Gasteiger partial charge on any atom is 0.298 e. The zero-order valence-corrected chi connectivity index (χ0v) is 15.9. The molecule has 1 aromatic carbocycles. The number of amides is 1. The number of carbonyl (C=O) groups excluding carboxylic acids is 1. The van der Waals surface area contributed by atoms with Gasteiger partial charge in [-0.1, -0.05) is 6.42 Å². The van der Waals surface area contributed by atoms with Crippen molar-refractivity contribution >= 4 is 23.0 Å². The molecule has 0 radical (unpaired) electrons. The lowest BCUT2D eigenvalue weighted by atomic mass is 9.85. The zero-order chi connectivity index (χ0) is 19.5. The molecule has 28 heavy (non-hydrogen) atoms. The first-order valence-electron chi connectivity index (χ1n) is 10.1. The molecule has 1 saturated carbocycles. The van der Waals surface area contributed by atoms with Crippen molar-refractivity contribution in [3.05, 3.63) is 23.8 Å². The second-order valence-electron chi connectivity index (χ2n) is 7.97. The van der Waals surface area contributed by atoms with Crippen LogP contribution in [0.4, 0.5) is 6.01 Å². The Morgan fingerprint density at radius 3 is 2.89 bits per heavy atom. The lowest BCUT2D eigenvalue weighted by molar-refractivity contribution is -0.126. The molecular formula is C21H26N4O3. The number of aliphatic hydroxyl groups excluding tert-OH is 1. The number of rotatable bonds is 4. The molecule has 2 fully saturated rings. The van der Waals surface area contributed by atoms with Gasteiger partial charge in [0.1, 0.15) is 5.52 Å². The molecule has 0 spiro atoms. The summed E-state index contributed by atoms with van der Waals surface area (Å²) in [5.41, 5.74) is 1.92. The van der Waals surface area contributed by atoms with Gasteiger partial charge in [0, 0.05) is 31.7 Å². The molecule has 2 atom stereocenters. The predicted molar refractivity (Wildman–Crippen MR) is 105 cm³/mol.